The van der Waals surface area contributed by atoms with Crippen molar-refractivity contribution in [2.45, 2.75) is 12.5 Å². The van der Waals surface area contributed by atoms with Gasteiger partial charge < -0.3 is 24.7 Å². The van der Waals surface area contributed by atoms with Gasteiger partial charge in [-0.05, 0) is 35.9 Å². The third-order valence-corrected chi connectivity index (χ3v) is 6.07. The zero-order valence-electron chi connectivity index (χ0n) is 19.8. The van der Waals surface area contributed by atoms with Crippen molar-refractivity contribution in [1.29, 1.82) is 5.26 Å². The first-order valence-electron chi connectivity index (χ1n) is 11.3. The number of methoxy groups -OCH3 is 2. The van der Waals surface area contributed by atoms with E-state index < -0.39 is 5.92 Å². The number of nitriles is 1. The van der Waals surface area contributed by atoms with E-state index in [1.165, 1.54) is 0 Å². The van der Waals surface area contributed by atoms with Crippen LogP contribution < -0.4 is 24.7 Å². The molecule has 3 aromatic carbocycles. The molecule has 1 aliphatic rings. The monoisotopic (exact) mass is 480 g/mol. The summed E-state index contributed by atoms with van der Waals surface area (Å²) in [4.78, 5) is 0. The Kier molecular flexibility index (Phi) is 6.20. The summed E-state index contributed by atoms with van der Waals surface area (Å²) in [7, 11) is 3.13. The Morgan fingerprint density at radius 3 is 2.47 bits per heavy atom. The lowest BCUT2D eigenvalue weighted by molar-refractivity contribution is 0.306. The number of aromatic amines is 1. The molecule has 0 amide bonds. The first kappa shape index (κ1) is 22.9. The van der Waals surface area contributed by atoms with Crippen molar-refractivity contribution in [2.75, 3.05) is 14.2 Å². The van der Waals surface area contributed by atoms with Gasteiger partial charge in [0, 0.05) is 11.1 Å². The van der Waals surface area contributed by atoms with Crippen molar-refractivity contribution < 1.29 is 18.9 Å². The fourth-order valence-corrected chi connectivity index (χ4v) is 4.37. The normalized spacial score (nSPS) is 14.4. The largest absolute Gasteiger partial charge is 0.493 e. The van der Waals surface area contributed by atoms with E-state index in [9.17, 15) is 5.26 Å². The molecule has 5 rings (SSSR count). The number of hydrogen-bond donors (Lipinski definition) is 2. The van der Waals surface area contributed by atoms with Crippen LogP contribution >= 0.6 is 0 Å². The molecule has 8 heteroatoms. The van der Waals surface area contributed by atoms with E-state index in [-0.39, 0.29) is 11.5 Å². The Balaban J connectivity index is 1.54. The Hall–Kier alpha value is -4.90. The number of aromatic nitrogens is 2. The van der Waals surface area contributed by atoms with E-state index in [4.69, 9.17) is 24.7 Å². The number of para-hydroxylation sites is 1. The van der Waals surface area contributed by atoms with Crippen molar-refractivity contribution in [3.63, 3.8) is 0 Å². The maximum absolute atomic E-state index is 10.0. The summed E-state index contributed by atoms with van der Waals surface area (Å²) in [5.74, 6) is 1.52. The van der Waals surface area contributed by atoms with Crippen molar-refractivity contribution in [3.05, 3.63) is 101 Å². The van der Waals surface area contributed by atoms with Gasteiger partial charge in [0.15, 0.2) is 11.5 Å². The van der Waals surface area contributed by atoms with Gasteiger partial charge in [0.1, 0.15) is 24.0 Å². The molecule has 3 N–H and O–H groups in total. The number of H-pyrrole nitrogens is 1. The first-order valence-corrected chi connectivity index (χ1v) is 11.3. The Bertz CT molecular complexity index is 1450. The molecule has 0 aliphatic carbocycles. The molecule has 0 saturated carbocycles. The van der Waals surface area contributed by atoms with Gasteiger partial charge in [-0.3, -0.25) is 5.10 Å². The number of benzene rings is 3. The van der Waals surface area contributed by atoms with Crippen molar-refractivity contribution in [2.24, 2.45) is 5.73 Å². The first-order chi connectivity index (χ1) is 17.6. The fraction of sp³-hybridized carbons (Fsp3) is 0.143. The number of nitrogens with two attached hydrogens (primary N) is 1. The lowest BCUT2D eigenvalue weighted by Gasteiger charge is -2.26. The smallest absolute Gasteiger partial charge is 0.244 e. The maximum Gasteiger partial charge on any atom is 0.244 e. The molecule has 0 saturated heterocycles. The second-order valence-corrected chi connectivity index (χ2v) is 8.12. The second kappa shape index (κ2) is 9.76. The minimum absolute atomic E-state index is 0.00239. The van der Waals surface area contributed by atoms with Crippen LogP contribution in [-0.2, 0) is 6.61 Å². The highest BCUT2D eigenvalue weighted by Crippen LogP contribution is 2.49. The van der Waals surface area contributed by atoms with Gasteiger partial charge in [-0.2, -0.15) is 5.26 Å². The summed E-state index contributed by atoms with van der Waals surface area (Å²) in [6, 6.07) is 25.4. The van der Waals surface area contributed by atoms with Gasteiger partial charge in [0.25, 0.3) is 0 Å². The quantitative estimate of drug-likeness (QED) is 0.387. The zero-order chi connectivity index (χ0) is 25.1. The molecular weight excluding hydrogens is 456 g/mol. The highest BCUT2D eigenvalue weighted by Gasteiger charge is 2.37. The predicted molar refractivity (Wildman–Crippen MR) is 134 cm³/mol. The number of ether oxygens (including phenoxy) is 4. The zero-order valence-corrected chi connectivity index (χ0v) is 19.8. The molecule has 1 atom stereocenters. The van der Waals surface area contributed by atoms with Crippen LogP contribution in [0.4, 0.5) is 0 Å². The molecule has 0 fully saturated rings. The van der Waals surface area contributed by atoms with Crippen LogP contribution in [0.15, 0.2) is 84.3 Å². The van der Waals surface area contributed by atoms with Crippen LogP contribution in [0.25, 0.3) is 11.3 Å². The van der Waals surface area contributed by atoms with Crippen molar-refractivity contribution in [1.82, 2.24) is 10.2 Å². The summed E-state index contributed by atoms with van der Waals surface area (Å²) in [5, 5.41) is 17.4. The minimum Gasteiger partial charge on any atom is -0.493 e. The van der Waals surface area contributed by atoms with E-state index in [1.54, 1.807) is 20.3 Å². The molecular formula is C28H24N4O4. The topological polar surface area (TPSA) is 115 Å². The van der Waals surface area contributed by atoms with E-state index in [1.807, 2.05) is 66.7 Å². The molecule has 0 radical (unpaired) electrons. The molecule has 0 unspecified atom stereocenters. The third-order valence-electron chi connectivity index (χ3n) is 6.07. The Morgan fingerprint density at radius 2 is 1.78 bits per heavy atom. The third kappa shape index (κ3) is 4.07. The number of nitrogens with zero attached hydrogens (tertiary/aromatic N) is 2. The van der Waals surface area contributed by atoms with Crippen molar-refractivity contribution >= 4 is 0 Å². The van der Waals surface area contributed by atoms with Crippen LogP contribution in [0.5, 0.6) is 23.1 Å². The van der Waals surface area contributed by atoms with Crippen LogP contribution in [0.2, 0.25) is 0 Å². The average molecular weight is 481 g/mol. The fourth-order valence-electron chi connectivity index (χ4n) is 4.37. The molecule has 2 heterocycles. The van der Waals surface area contributed by atoms with Gasteiger partial charge in [-0.15, -0.1) is 5.10 Å². The molecule has 0 spiro atoms. The van der Waals surface area contributed by atoms with Crippen LogP contribution in [0, 0.1) is 11.3 Å². The number of nitrogens with one attached hydrogen (secondary N) is 1. The maximum atomic E-state index is 10.0. The molecule has 1 aliphatic heterocycles. The highest BCUT2D eigenvalue weighted by molar-refractivity contribution is 5.72. The summed E-state index contributed by atoms with van der Waals surface area (Å²) in [6.07, 6.45) is 0. The second-order valence-electron chi connectivity index (χ2n) is 8.12. The summed E-state index contributed by atoms with van der Waals surface area (Å²) in [5.41, 5.74) is 10.4. The average Bonchev–Trinajstić information content (AvgIpc) is 3.34. The summed E-state index contributed by atoms with van der Waals surface area (Å²) < 4.78 is 22.8. The molecule has 8 nitrogen and oxygen atoms in total. The molecule has 1 aromatic heterocycles. The number of hydrogen-bond acceptors (Lipinski definition) is 7. The van der Waals surface area contributed by atoms with E-state index in [0.29, 0.717) is 40.8 Å². The lowest BCUT2D eigenvalue weighted by atomic mass is 9.82. The van der Waals surface area contributed by atoms with Gasteiger partial charge in [0.05, 0.1) is 31.4 Å². The van der Waals surface area contributed by atoms with E-state index >= 15 is 0 Å². The lowest BCUT2D eigenvalue weighted by Crippen LogP contribution is -2.21. The van der Waals surface area contributed by atoms with Gasteiger partial charge in [0.2, 0.25) is 11.8 Å². The standard InChI is InChI=1S/C28H24N4O4/c1-33-22-10-6-9-20(26(22)34-2)23-21(15-29)27(30)36-28-24(23)25(31-32-28)18-11-13-19(14-12-18)35-16-17-7-4-3-5-8-17/h3-14,23H,16,30H2,1-2H3,(H,31,32)/t23-/m1/s1. The number of allylic oxidation sites excluding steroid dienone is 1. The van der Waals surface area contributed by atoms with Crippen LogP contribution in [0.3, 0.4) is 0 Å². The minimum atomic E-state index is -0.577. The van der Waals surface area contributed by atoms with Gasteiger partial charge >= 0.3 is 0 Å². The SMILES string of the molecule is COc1cccc([C@@H]2C(C#N)=C(N)Oc3n[nH]c(-c4ccc(OCc5ccccc5)cc4)c32)c1OC. The molecule has 36 heavy (non-hydrogen) atoms. The molecule has 4 aromatic rings. The number of rotatable bonds is 7. The number of fused-ring (bicyclic) bond motifs is 1. The summed E-state index contributed by atoms with van der Waals surface area (Å²) >= 11 is 0. The highest BCUT2D eigenvalue weighted by atomic mass is 16.5. The molecule has 0 bridgehead atoms. The van der Waals surface area contributed by atoms with Gasteiger partial charge in [-0.1, -0.05) is 42.5 Å². The van der Waals surface area contributed by atoms with Crippen LogP contribution in [-0.4, -0.2) is 24.4 Å². The van der Waals surface area contributed by atoms with Crippen molar-refractivity contribution in [3.8, 4) is 40.5 Å². The van der Waals surface area contributed by atoms with E-state index in [2.05, 4.69) is 16.3 Å². The molecule has 180 valence electrons. The predicted octanol–water partition coefficient (Wildman–Crippen LogP) is 4.89. The van der Waals surface area contributed by atoms with Crippen LogP contribution in [0.1, 0.15) is 22.6 Å². The van der Waals surface area contributed by atoms with Gasteiger partial charge in [-0.25, -0.2) is 0 Å². The Morgan fingerprint density at radius 1 is 1.00 bits per heavy atom. The summed E-state index contributed by atoms with van der Waals surface area (Å²) in [6.45, 7) is 0.473. The van der Waals surface area contributed by atoms with E-state index in [0.717, 1.165) is 16.9 Å². The Labute approximate surface area is 208 Å².